The molecule has 9 aromatic carbocycles. The van der Waals surface area contributed by atoms with Gasteiger partial charge in [-0.3, -0.25) is 0 Å². The summed E-state index contributed by atoms with van der Waals surface area (Å²) in [6.07, 6.45) is 0. The van der Waals surface area contributed by atoms with Crippen molar-refractivity contribution in [1.82, 2.24) is 0 Å². The summed E-state index contributed by atoms with van der Waals surface area (Å²) in [5.41, 5.74) is 10.5. The first-order valence-electron chi connectivity index (χ1n) is 16.7. The normalized spacial score (nSPS) is 11.3. The molecular weight excluding hydrogens is 593 g/mol. The predicted molar refractivity (Wildman–Crippen MR) is 208 cm³/mol. The average molecular weight is 625 g/mol. The predicted octanol–water partition coefficient (Wildman–Crippen LogP) is 13.2. The molecule has 9 rings (SSSR count). The van der Waals surface area contributed by atoms with Crippen LogP contribution in [0.3, 0.4) is 0 Å². The number of aromatic hydroxyl groups is 1. The van der Waals surface area contributed by atoms with E-state index in [0.717, 1.165) is 33.4 Å². The summed E-state index contributed by atoms with van der Waals surface area (Å²) in [6, 6.07) is 66.3. The fraction of sp³-hybridized carbons (Fsp3) is 0. The van der Waals surface area contributed by atoms with Crippen molar-refractivity contribution in [1.29, 1.82) is 0 Å². The first kappa shape index (κ1) is 28.8. The lowest BCUT2D eigenvalue weighted by Gasteiger charge is -2.15. The quantitative estimate of drug-likeness (QED) is 0.189. The van der Waals surface area contributed by atoms with E-state index in [0.29, 0.717) is 0 Å². The molecule has 0 aliphatic rings. The molecule has 0 bridgehead atoms. The number of hydrogen-bond acceptors (Lipinski definition) is 1. The number of rotatable bonds is 5. The van der Waals surface area contributed by atoms with Gasteiger partial charge in [0.15, 0.2) is 0 Å². The van der Waals surface area contributed by atoms with Crippen LogP contribution in [0.2, 0.25) is 0 Å². The van der Waals surface area contributed by atoms with Crippen LogP contribution in [0.5, 0.6) is 5.75 Å². The van der Waals surface area contributed by atoms with Gasteiger partial charge in [0, 0.05) is 11.1 Å². The molecule has 49 heavy (non-hydrogen) atoms. The summed E-state index contributed by atoms with van der Waals surface area (Å²) in [7, 11) is 0. The molecule has 0 saturated heterocycles. The van der Waals surface area contributed by atoms with Crippen molar-refractivity contribution in [3.63, 3.8) is 0 Å². The third kappa shape index (κ3) is 5.13. The molecule has 0 fully saturated rings. The van der Waals surface area contributed by atoms with Crippen LogP contribution < -0.4 is 0 Å². The lowest BCUT2D eigenvalue weighted by Crippen LogP contribution is -1.88. The highest BCUT2D eigenvalue weighted by Crippen LogP contribution is 2.42. The highest BCUT2D eigenvalue weighted by atomic mass is 16.3. The maximum absolute atomic E-state index is 11.9. The van der Waals surface area contributed by atoms with E-state index in [1.165, 1.54) is 54.6 Å². The number of phenolic OH excluding ortho intramolecular Hbond substituents is 1. The van der Waals surface area contributed by atoms with Gasteiger partial charge >= 0.3 is 0 Å². The molecular formula is C48H32O. The van der Waals surface area contributed by atoms with Crippen LogP contribution in [-0.4, -0.2) is 5.11 Å². The Morgan fingerprint density at radius 3 is 1.14 bits per heavy atom. The third-order valence-corrected chi connectivity index (χ3v) is 9.75. The smallest absolute Gasteiger partial charge is 0.131 e. The van der Waals surface area contributed by atoms with Gasteiger partial charge in [0.1, 0.15) is 5.75 Å². The molecule has 0 aliphatic heterocycles. The molecule has 1 nitrogen and oxygen atoms in total. The maximum Gasteiger partial charge on any atom is 0.131 e. The molecule has 9 aromatic rings. The third-order valence-electron chi connectivity index (χ3n) is 9.75. The second-order valence-corrected chi connectivity index (χ2v) is 12.7. The van der Waals surface area contributed by atoms with Crippen molar-refractivity contribution in [3.05, 3.63) is 188 Å². The fourth-order valence-corrected chi connectivity index (χ4v) is 7.34. The molecule has 0 spiro atoms. The summed E-state index contributed by atoms with van der Waals surface area (Å²) in [5, 5.41) is 19.3. The summed E-state index contributed by atoms with van der Waals surface area (Å²) in [4.78, 5) is 0. The largest absolute Gasteiger partial charge is 0.507 e. The molecule has 0 saturated carbocycles. The van der Waals surface area contributed by atoms with E-state index >= 15 is 0 Å². The van der Waals surface area contributed by atoms with Gasteiger partial charge < -0.3 is 5.11 Å². The summed E-state index contributed by atoms with van der Waals surface area (Å²) < 4.78 is 0. The van der Waals surface area contributed by atoms with Crippen LogP contribution in [0, 0.1) is 0 Å². The Balaban J connectivity index is 1.16. The first-order valence-corrected chi connectivity index (χ1v) is 16.7. The SMILES string of the molecule is Oc1c(-c2cccc(-c3cc(-c4ccccc4)cc(-c4ccccc4)c3)c2)cccc1-c1ccc2c3ccccc3c3ccccc3c2c1. The van der Waals surface area contributed by atoms with Gasteiger partial charge in [-0.15, -0.1) is 0 Å². The molecule has 0 atom stereocenters. The molecule has 0 aromatic heterocycles. The van der Waals surface area contributed by atoms with Gasteiger partial charge in [0.05, 0.1) is 0 Å². The van der Waals surface area contributed by atoms with E-state index < -0.39 is 0 Å². The van der Waals surface area contributed by atoms with Crippen molar-refractivity contribution in [2.45, 2.75) is 0 Å². The summed E-state index contributed by atoms with van der Waals surface area (Å²) in [6.45, 7) is 0. The van der Waals surface area contributed by atoms with Crippen molar-refractivity contribution in [3.8, 4) is 61.4 Å². The Hall–Kier alpha value is -6.44. The standard InChI is InChI=1S/C48H32O/c49-48-40(23-12-24-41(48)36-25-26-46-44-21-8-7-19-42(44)43-20-9-10-22-45(43)47(46)31-36)35-18-11-17-34(27-35)39-29-37(32-13-3-1-4-14-32)28-38(30-39)33-15-5-2-6-16-33/h1-31,49H. The van der Waals surface area contributed by atoms with E-state index in [4.69, 9.17) is 0 Å². The number of para-hydroxylation sites is 1. The molecule has 230 valence electrons. The maximum atomic E-state index is 11.9. The number of fused-ring (bicyclic) bond motifs is 6. The van der Waals surface area contributed by atoms with Crippen LogP contribution in [0.15, 0.2) is 188 Å². The van der Waals surface area contributed by atoms with Gasteiger partial charge in [-0.05, 0) is 107 Å². The van der Waals surface area contributed by atoms with Gasteiger partial charge in [-0.1, -0.05) is 158 Å². The minimum Gasteiger partial charge on any atom is -0.507 e. The topological polar surface area (TPSA) is 20.2 Å². The van der Waals surface area contributed by atoms with E-state index in [9.17, 15) is 5.11 Å². The Morgan fingerprint density at radius 2 is 0.592 bits per heavy atom. The van der Waals surface area contributed by atoms with E-state index in [2.05, 4.69) is 170 Å². The minimum atomic E-state index is 0.284. The highest BCUT2D eigenvalue weighted by Gasteiger charge is 2.15. The molecule has 0 heterocycles. The monoisotopic (exact) mass is 624 g/mol. The molecule has 1 heteroatoms. The van der Waals surface area contributed by atoms with Crippen molar-refractivity contribution in [2.75, 3.05) is 0 Å². The van der Waals surface area contributed by atoms with Crippen molar-refractivity contribution >= 4 is 32.3 Å². The Kier molecular flexibility index (Phi) is 7.03. The molecule has 0 aliphatic carbocycles. The van der Waals surface area contributed by atoms with Gasteiger partial charge in [0.2, 0.25) is 0 Å². The van der Waals surface area contributed by atoms with Crippen LogP contribution in [0.4, 0.5) is 0 Å². The Labute approximate surface area is 286 Å². The van der Waals surface area contributed by atoms with Gasteiger partial charge in [-0.25, -0.2) is 0 Å². The summed E-state index contributed by atoms with van der Waals surface area (Å²) in [5.74, 6) is 0.284. The number of hydrogen-bond donors (Lipinski definition) is 1. The van der Waals surface area contributed by atoms with Crippen molar-refractivity contribution in [2.24, 2.45) is 0 Å². The fourth-order valence-electron chi connectivity index (χ4n) is 7.34. The van der Waals surface area contributed by atoms with Crippen LogP contribution >= 0.6 is 0 Å². The van der Waals surface area contributed by atoms with Crippen LogP contribution in [0.1, 0.15) is 0 Å². The molecule has 0 amide bonds. The highest BCUT2D eigenvalue weighted by molar-refractivity contribution is 6.25. The Morgan fingerprint density at radius 1 is 0.224 bits per heavy atom. The molecule has 0 unspecified atom stereocenters. The first-order chi connectivity index (χ1) is 24.2. The van der Waals surface area contributed by atoms with Crippen molar-refractivity contribution < 1.29 is 5.11 Å². The molecule has 0 radical (unpaired) electrons. The minimum absolute atomic E-state index is 0.284. The Bertz CT molecular complexity index is 2560. The lowest BCUT2D eigenvalue weighted by atomic mass is 9.90. The number of phenols is 1. The molecule has 1 N–H and O–H groups in total. The average Bonchev–Trinajstić information content (AvgIpc) is 3.18. The van der Waals surface area contributed by atoms with E-state index in [1.807, 2.05) is 18.2 Å². The van der Waals surface area contributed by atoms with Crippen LogP contribution in [0.25, 0.3) is 88.0 Å². The second kappa shape index (κ2) is 12.0. The zero-order chi connectivity index (χ0) is 32.7. The number of benzene rings is 9. The van der Waals surface area contributed by atoms with Gasteiger partial charge in [0.25, 0.3) is 0 Å². The lowest BCUT2D eigenvalue weighted by molar-refractivity contribution is 0.479. The summed E-state index contributed by atoms with van der Waals surface area (Å²) >= 11 is 0. The van der Waals surface area contributed by atoms with E-state index in [-0.39, 0.29) is 5.75 Å². The zero-order valence-electron chi connectivity index (χ0n) is 26.8. The van der Waals surface area contributed by atoms with Crippen LogP contribution in [-0.2, 0) is 0 Å². The zero-order valence-corrected chi connectivity index (χ0v) is 26.8. The van der Waals surface area contributed by atoms with E-state index in [1.54, 1.807) is 0 Å². The second-order valence-electron chi connectivity index (χ2n) is 12.7. The van der Waals surface area contributed by atoms with Gasteiger partial charge in [-0.2, -0.15) is 0 Å².